The van der Waals surface area contributed by atoms with Crippen LogP contribution in [0.3, 0.4) is 0 Å². The van der Waals surface area contributed by atoms with E-state index < -0.39 is 0 Å². The molecular formula is C13H14O4. The van der Waals surface area contributed by atoms with Crippen LogP contribution in [0.25, 0.3) is 0 Å². The van der Waals surface area contributed by atoms with Gasteiger partial charge in [0, 0.05) is 12.0 Å². The van der Waals surface area contributed by atoms with Gasteiger partial charge < -0.3 is 14.2 Å². The van der Waals surface area contributed by atoms with Crippen LogP contribution >= 0.6 is 0 Å². The maximum atomic E-state index is 11.8. The van der Waals surface area contributed by atoms with Gasteiger partial charge in [-0.2, -0.15) is 0 Å². The maximum absolute atomic E-state index is 11.8. The Bertz CT molecular complexity index is 465. The van der Waals surface area contributed by atoms with Gasteiger partial charge in [-0.1, -0.05) is 12.1 Å². The molecule has 0 aliphatic carbocycles. The molecule has 0 radical (unpaired) electrons. The SMILES string of the molecule is C=CCC1OC(=O)c2c1ccc(OC)c2OC. The first-order chi connectivity index (χ1) is 8.22. The van der Waals surface area contributed by atoms with Crippen molar-refractivity contribution in [1.82, 2.24) is 0 Å². The van der Waals surface area contributed by atoms with Crippen LogP contribution in [0.15, 0.2) is 24.8 Å². The Morgan fingerprint density at radius 3 is 2.76 bits per heavy atom. The van der Waals surface area contributed by atoms with E-state index in [0.717, 1.165) is 5.56 Å². The molecule has 0 spiro atoms. The molecule has 0 N–H and O–H groups in total. The van der Waals surface area contributed by atoms with E-state index in [1.165, 1.54) is 14.2 Å². The molecule has 1 aliphatic heterocycles. The van der Waals surface area contributed by atoms with Crippen LogP contribution in [-0.2, 0) is 4.74 Å². The fourth-order valence-electron chi connectivity index (χ4n) is 2.00. The van der Waals surface area contributed by atoms with Crippen LogP contribution in [0.2, 0.25) is 0 Å². The molecule has 1 aromatic carbocycles. The molecule has 2 rings (SSSR count). The maximum Gasteiger partial charge on any atom is 0.343 e. The lowest BCUT2D eigenvalue weighted by Crippen LogP contribution is -2.00. The molecule has 0 amide bonds. The summed E-state index contributed by atoms with van der Waals surface area (Å²) >= 11 is 0. The molecule has 0 saturated heterocycles. The number of cyclic esters (lactones) is 1. The van der Waals surface area contributed by atoms with Gasteiger partial charge in [0.1, 0.15) is 11.7 Å². The fourth-order valence-corrected chi connectivity index (χ4v) is 2.00. The monoisotopic (exact) mass is 234 g/mol. The summed E-state index contributed by atoms with van der Waals surface area (Å²) in [5, 5.41) is 0. The predicted octanol–water partition coefficient (Wildman–Crippen LogP) is 2.49. The molecule has 4 heteroatoms. The summed E-state index contributed by atoms with van der Waals surface area (Å²) in [5.41, 5.74) is 1.28. The molecule has 1 unspecified atom stereocenters. The van der Waals surface area contributed by atoms with Crippen LogP contribution in [0.1, 0.15) is 28.4 Å². The lowest BCUT2D eigenvalue weighted by Gasteiger charge is -2.10. The first-order valence-corrected chi connectivity index (χ1v) is 5.29. The lowest BCUT2D eigenvalue weighted by molar-refractivity contribution is 0.0390. The van der Waals surface area contributed by atoms with Crippen molar-refractivity contribution in [3.05, 3.63) is 35.9 Å². The Hall–Kier alpha value is -1.97. The van der Waals surface area contributed by atoms with E-state index in [-0.39, 0.29) is 12.1 Å². The highest BCUT2D eigenvalue weighted by molar-refractivity contribution is 5.98. The minimum Gasteiger partial charge on any atom is -0.493 e. The van der Waals surface area contributed by atoms with Gasteiger partial charge in [0.15, 0.2) is 11.5 Å². The zero-order chi connectivity index (χ0) is 12.4. The highest BCUT2D eigenvalue weighted by Crippen LogP contribution is 2.42. The van der Waals surface area contributed by atoms with E-state index in [1.54, 1.807) is 12.1 Å². The van der Waals surface area contributed by atoms with Gasteiger partial charge in [-0.15, -0.1) is 6.58 Å². The molecule has 1 aromatic rings. The predicted molar refractivity (Wildman–Crippen MR) is 62.5 cm³/mol. The quantitative estimate of drug-likeness (QED) is 0.593. The molecular weight excluding hydrogens is 220 g/mol. The number of carbonyl (C=O) groups excluding carboxylic acids is 1. The largest absolute Gasteiger partial charge is 0.493 e. The number of methoxy groups -OCH3 is 2. The van der Waals surface area contributed by atoms with Gasteiger partial charge in [-0.05, 0) is 6.07 Å². The first-order valence-electron chi connectivity index (χ1n) is 5.29. The van der Waals surface area contributed by atoms with Crippen molar-refractivity contribution in [2.45, 2.75) is 12.5 Å². The van der Waals surface area contributed by atoms with Crippen LogP contribution in [-0.4, -0.2) is 20.2 Å². The first kappa shape index (κ1) is 11.5. The molecule has 1 heterocycles. The molecule has 0 bridgehead atoms. The summed E-state index contributed by atoms with van der Waals surface area (Å²) in [5.74, 6) is 0.589. The zero-order valence-electron chi connectivity index (χ0n) is 9.86. The minimum atomic E-state index is -0.373. The second-order valence-electron chi connectivity index (χ2n) is 3.68. The van der Waals surface area contributed by atoms with E-state index >= 15 is 0 Å². The highest BCUT2D eigenvalue weighted by Gasteiger charge is 2.34. The average molecular weight is 234 g/mol. The van der Waals surface area contributed by atoms with Crippen LogP contribution in [0.5, 0.6) is 11.5 Å². The smallest absolute Gasteiger partial charge is 0.343 e. The average Bonchev–Trinajstić information content (AvgIpc) is 2.66. The standard InChI is InChI=1S/C13H14O4/c1-4-5-9-8-6-7-10(15-2)12(16-3)11(8)13(14)17-9/h4,6-7,9H,1,5H2,2-3H3. The topological polar surface area (TPSA) is 44.8 Å². The summed E-state index contributed by atoms with van der Waals surface area (Å²) in [6.07, 6.45) is 2.05. The third-order valence-electron chi connectivity index (χ3n) is 2.76. The molecule has 1 atom stereocenters. The molecule has 17 heavy (non-hydrogen) atoms. The number of carbonyl (C=O) groups is 1. The molecule has 0 fully saturated rings. The van der Waals surface area contributed by atoms with Gasteiger partial charge in [0.05, 0.1) is 14.2 Å². The van der Waals surface area contributed by atoms with Crippen molar-refractivity contribution >= 4 is 5.97 Å². The highest BCUT2D eigenvalue weighted by atomic mass is 16.6. The van der Waals surface area contributed by atoms with E-state index in [1.807, 2.05) is 6.07 Å². The molecule has 0 aromatic heterocycles. The van der Waals surface area contributed by atoms with Crippen molar-refractivity contribution in [1.29, 1.82) is 0 Å². The number of benzene rings is 1. The van der Waals surface area contributed by atoms with Crippen LogP contribution < -0.4 is 9.47 Å². The number of esters is 1. The van der Waals surface area contributed by atoms with E-state index in [0.29, 0.717) is 23.5 Å². The Morgan fingerprint density at radius 1 is 1.41 bits per heavy atom. The molecule has 1 aliphatic rings. The Morgan fingerprint density at radius 2 is 2.18 bits per heavy atom. The third kappa shape index (κ3) is 1.75. The van der Waals surface area contributed by atoms with Crippen molar-refractivity contribution in [2.75, 3.05) is 14.2 Å². The number of hydrogen-bond donors (Lipinski definition) is 0. The summed E-state index contributed by atoms with van der Waals surface area (Å²) in [7, 11) is 3.04. The van der Waals surface area contributed by atoms with Gasteiger partial charge >= 0.3 is 5.97 Å². The molecule has 0 saturated carbocycles. The van der Waals surface area contributed by atoms with E-state index in [9.17, 15) is 4.79 Å². The van der Waals surface area contributed by atoms with Crippen LogP contribution in [0, 0.1) is 0 Å². The fraction of sp³-hybridized carbons (Fsp3) is 0.308. The van der Waals surface area contributed by atoms with Gasteiger partial charge in [0.2, 0.25) is 0 Å². The summed E-state index contributed by atoms with van der Waals surface area (Å²) in [4.78, 5) is 11.8. The van der Waals surface area contributed by atoms with Crippen molar-refractivity contribution in [2.24, 2.45) is 0 Å². The lowest BCUT2D eigenvalue weighted by atomic mass is 10.0. The van der Waals surface area contributed by atoms with Crippen molar-refractivity contribution in [3.8, 4) is 11.5 Å². The number of hydrogen-bond acceptors (Lipinski definition) is 4. The van der Waals surface area contributed by atoms with Crippen molar-refractivity contribution < 1.29 is 19.0 Å². The number of fused-ring (bicyclic) bond motifs is 1. The van der Waals surface area contributed by atoms with Crippen LogP contribution in [0.4, 0.5) is 0 Å². The van der Waals surface area contributed by atoms with Gasteiger partial charge in [0.25, 0.3) is 0 Å². The Kier molecular flexibility index (Phi) is 3.04. The summed E-state index contributed by atoms with van der Waals surface area (Å²) < 4.78 is 15.6. The van der Waals surface area contributed by atoms with E-state index in [2.05, 4.69) is 6.58 Å². The molecule has 90 valence electrons. The third-order valence-corrected chi connectivity index (χ3v) is 2.76. The molecule has 4 nitrogen and oxygen atoms in total. The van der Waals surface area contributed by atoms with Gasteiger partial charge in [-0.25, -0.2) is 4.79 Å². The van der Waals surface area contributed by atoms with E-state index in [4.69, 9.17) is 14.2 Å². The van der Waals surface area contributed by atoms with Gasteiger partial charge in [-0.3, -0.25) is 0 Å². The number of rotatable bonds is 4. The zero-order valence-corrected chi connectivity index (χ0v) is 9.86. The Balaban J connectivity index is 2.55. The second-order valence-corrected chi connectivity index (χ2v) is 3.68. The minimum absolute atomic E-state index is 0.269. The normalized spacial score (nSPS) is 17.3. The summed E-state index contributed by atoms with van der Waals surface area (Å²) in [6, 6.07) is 3.60. The second kappa shape index (κ2) is 4.49. The van der Waals surface area contributed by atoms with Crippen molar-refractivity contribution in [3.63, 3.8) is 0 Å². The Labute approximate surface area is 99.8 Å². The summed E-state index contributed by atoms with van der Waals surface area (Å²) in [6.45, 7) is 3.65. The number of ether oxygens (including phenoxy) is 3.